The lowest BCUT2D eigenvalue weighted by Gasteiger charge is -2.26. The van der Waals surface area contributed by atoms with Gasteiger partial charge in [-0.05, 0) is 68.8 Å². The average molecular weight is 462 g/mol. The second kappa shape index (κ2) is 9.12. The zero-order chi connectivity index (χ0) is 23.7. The number of nitrogens with zero attached hydrogens (tertiary/aromatic N) is 1. The molecule has 6 heteroatoms. The minimum atomic E-state index is -0.796. The minimum Gasteiger partial charge on any atom is -0.507 e. The zero-order valence-corrected chi connectivity index (χ0v) is 19.3. The fourth-order valence-corrected chi connectivity index (χ4v) is 4.18. The molecule has 3 aromatic rings. The Morgan fingerprint density at radius 3 is 2.33 bits per heavy atom. The molecule has 1 heterocycles. The molecule has 1 N–H and O–H groups in total. The van der Waals surface area contributed by atoms with Gasteiger partial charge in [0.1, 0.15) is 11.5 Å². The monoisotopic (exact) mass is 461 g/mol. The number of aryl methyl sites for hydroxylation is 1. The van der Waals surface area contributed by atoms with E-state index >= 15 is 0 Å². The summed E-state index contributed by atoms with van der Waals surface area (Å²) in [7, 11) is 0. The van der Waals surface area contributed by atoms with Crippen LogP contribution in [0.3, 0.4) is 0 Å². The third-order valence-electron chi connectivity index (χ3n) is 5.39. The lowest BCUT2D eigenvalue weighted by molar-refractivity contribution is -0.132. The zero-order valence-electron chi connectivity index (χ0n) is 18.6. The Labute approximate surface area is 197 Å². The first-order chi connectivity index (χ1) is 15.8. The number of halogens is 1. The highest BCUT2D eigenvalue weighted by molar-refractivity contribution is 6.51. The number of benzene rings is 3. The van der Waals surface area contributed by atoms with E-state index in [9.17, 15) is 14.7 Å². The molecule has 168 valence electrons. The Morgan fingerprint density at radius 2 is 1.70 bits per heavy atom. The van der Waals surface area contributed by atoms with Crippen LogP contribution in [0, 0.1) is 6.92 Å². The molecule has 0 aliphatic carbocycles. The van der Waals surface area contributed by atoms with Gasteiger partial charge in [0, 0.05) is 16.3 Å². The van der Waals surface area contributed by atoms with Crippen molar-refractivity contribution in [2.24, 2.45) is 0 Å². The van der Waals surface area contributed by atoms with E-state index in [1.807, 2.05) is 45.0 Å². The largest absolute Gasteiger partial charge is 0.507 e. The number of carbonyl (C=O) groups is 2. The predicted molar refractivity (Wildman–Crippen MR) is 130 cm³/mol. The number of aliphatic hydroxyl groups is 1. The highest BCUT2D eigenvalue weighted by Gasteiger charge is 2.47. The van der Waals surface area contributed by atoms with Crippen LogP contribution in [0.1, 0.15) is 36.6 Å². The van der Waals surface area contributed by atoms with E-state index < -0.39 is 17.7 Å². The van der Waals surface area contributed by atoms with Crippen molar-refractivity contribution in [1.29, 1.82) is 0 Å². The van der Waals surface area contributed by atoms with E-state index in [4.69, 9.17) is 16.3 Å². The highest BCUT2D eigenvalue weighted by atomic mass is 35.5. The predicted octanol–water partition coefficient (Wildman–Crippen LogP) is 6.06. The summed E-state index contributed by atoms with van der Waals surface area (Å²) in [5.74, 6) is -1.05. The van der Waals surface area contributed by atoms with Crippen LogP contribution in [0.4, 0.5) is 5.69 Å². The number of ether oxygens (including phenoxy) is 1. The third kappa shape index (κ3) is 4.50. The fraction of sp³-hybridized carbons (Fsp3) is 0.185. The van der Waals surface area contributed by atoms with Crippen LogP contribution in [-0.2, 0) is 9.59 Å². The Bertz CT molecular complexity index is 1250. The second-order valence-corrected chi connectivity index (χ2v) is 8.69. The number of anilines is 1. The van der Waals surface area contributed by atoms with Gasteiger partial charge in [0.15, 0.2) is 0 Å². The quantitative estimate of drug-likeness (QED) is 0.285. The van der Waals surface area contributed by atoms with Gasteiger partial charge in [-0.2, -0.15) is 0 Å². The minimum absolute atomic E-state index is 0.00814. The molecule has 1 saturated heterocycles. The molecule has 1 amide bonds. The molecule has 4 rings (SSSR count). The first-order valence-corrected chi connectivity index (χ1v) is 11.0. The van der Waals surface area contributed by atoms with Crippen molar-refractivity contribution in [1.82, 2.24) is 0 Å². The molecule has 3 aromatic carbocycles. The van der Waals surface area contributed by atoms with Gasteiger partial charge < -0.3 is 9.84 Å². The number of aliphatic hydroxyl groups excluding tert-OH is 1. The molecule has 1 fully saturated rings. The van der Waals surface area contributed by atoms with E-state index in [1.54, 1.807) is 48.5 Å². The van der Waals surface area contributed by atoms with E-state index in [0.717, 1.165) is 11.1 Å². The molecule has 1 unspecified atom stereocenters. The normalized spacial score (nSPS) is 17.6. The fourth-order valence-electron chi connectivity index (χ4n) is 4.00. The van der Waals surface area contributed by atoms with Crippen LogP contribution in [0.2, 0.25) is 5.02 Å². The van der Waals surface area contributed by atoms with E-state index in [2.05, 4.69) is 0 Å². The second-order valence-electron chi connectivity index (χ2n) is 8.25. The maximum atomic E-state index is 13.2. The maximum absolute atomic E-state index is 13.2. The Balaban J connectivity index is 1.88. The Morgan fingerprint density at radius 1 is 1.00 bits per heavy atom. The van der Waals surface area contributed by atoms with Gasteiger partial charge >= 0.3 is 0 Å². The van der Waals surface area contributed by atoms with Gasteiger partial charge in [-0.3, -0.25) is 14.5 Å². The molecular weight excluding hydrogens is 438 g/mol. The lowest BCUT2D eigenvalue weighted by Crippen LogP contribution is -2.29. The molecule has 1 atom stereocenters. The Hall–Kier alpha value is -3.57. The van der Waals surface area contributed by atoms with Crippen molar-refractivity contribution in [3.63, 3.8) is 0 Å². The third-order valence-corrected chi connectivity index (χ3v) is 5.62. The number of carbonyl (C=O) groups excluding carboxylic acids is 2. The van der Waals surface area contributed by atoms with Crippen LogP contribution in [0.25, 0.3) is 5.76 Å². The molecule has 5 nitrogen and oxygen atoms in total. The number of amides is 1. The maximum Gasteiger partial charge on any atom is 0.300 e. The van der Waals surface area contributed by atoms with Gasteiger partial charge in [-0.1, -0.05) is 47.5 Å². The van der Waals surface area contributed by atoms with Crippen molar-refractivity contribution >= 4 is 34.7 Å². The van der Waals surface area contributed by atoms with Crippen molar-refractivity contribution < 1.29 is 19.4 Å². The first-order valence-electron chi connectivity index (χ1n) is 10.7. The van der Waals surface area contributed by atoms with E-state index in [-0.39, 0.29) is 17.4 Å². The highest BCUT2D eigenvalue weighted by Crippen LogP contribution is 2.42. The average Bonchev–Trinajstić information content (AvgIpc) is 3.04. The molecule has 0 radical (unpaired) electrons. The van der Waals surface area contributed by atoms with Crippen LogP contribution in [0.15, 0.2) is 78.4 Å². The first kappa shape index (κ1) is 22.6. The molecule has 0 bridgehead atoms. The summed E-state index contributed by atoms with van der Waals surface area (Å²) >= 11 is 6.18. The summed E-state index contributed by atoms with van der Waals surface area (Å²) in [6.07, 6.45) is 0.00814. The number of hydrogen-bond acceptors (Lipinski definition) is 4. The van der Waals surface area contributed by atoms with Crippen LogP contribution >= 0.6 is 11.6 Å². The molecule has 0 saturated carbocycles. The Kier molecular flexibility index (Phi) is 6.25. The van der Waals surface area contributed by atoms with Crippen LogP contribution in [-0.4, -0.2) is 22.9 Å². The molecule has 0 spiro atoms. The number of hydrogen-bond donors (Lipinski definition) is 1. The molecular formula is C27H24ClNO4. The lowest BCUT2D eigenvalue weighted by atomic mass is 9.94. The number of ketones is 1. The summed E-state index contributed by atoms with van der Waals surface area (Å²) in [5.41, 5.74) is 2.63. The molecule has 1 aliphatic heterocycles. The summed E-state index contributed by atoms with van der Waals surface area (Å²) in [6.45, 7) is 5.78. The molecule has 33 heavy (non-hydrogen) atoms. The van der Waals surface area contributed by atoms with Gasteiger partial charge in [0.25, 0.3) is 11.7 Å². The number of Topliss-reactive ketones (excluding diaryl/α,β-unsaturated/α-hetero) is 1. The van der Waals surface area contributed by atoms with Crippen molar-refractivity contribution in [2.75, 3.05) is 4.90 Å². The van der Waals surface area contributed by atoms with Crippen molar-refractivity contribution in [3.8, 4) is 5.75 Å². The summed E-state index contributed by atoms with van der Waals surface area (Å²) in [6, 6.07) is 20.3. The molecule has 0 aromatic heterocycles. The van der Waals surface area contributed by atoms with Gasteiger partial charge in [-0.25, -0.2) is 0 Å². The SMILES string of the molecule is Cc1cccc(C2/C(=C(\O)c3ccc(OC(C)C)cc3)C(=O)C(=O)N2c2cccc(Cl)c2)c1. The smallest absolute Gasteiger partial charge is 0.300 e. The standard InChI is InChI=1S/C27H24ClNO4/c1-16(2)33-22-12-10-18(11-13-22)25(30)23-24(19-7-4-6-17(3)14-19)29(27(32)26(23)31)21-9-5-8-20(28)15-21/h4-16,24,30H,1-3H3/b25-23+. The van der Waals surface area contributed by atoms with E-state index in [1.165, 1.54) is 4.90 Å². The van der Waals surface area contributed by atoms with Gasteiger partial charge in [0.2, 0.25) is 0 Å². The van der Waals surface area contributed by atoms with Crippen LogP contribution < -0.4 is 9.64 Å². The summed E-state index contributed by atoms with van der Waals surface area (Å²) < 4.78 is 5.66. The van der Waals surface area contributed by atoms with Crippen molar-refractivity contribution in [2.45, 2.75) is 32.9 Å². The summed E-state index contributed by atoms with van der Waals surface area (Å²) in [4.78, 5) is 27.8. The summed E-state index contributed by atoms with van der Waals surface area (Å²) in [5, 5.41) is 11.7. The van der Waals surface area contributed by atoms with E-state index in [0.29, 0.717) is 22.0 Å². The topological polar surface area (TPSA) is 66.8 Å². The molecule has 1 aliphatic rings. The van der Waals surface area contributed by atoms with Gasteiger partial charge in [0.05, 0.1) is 17.7 Å². The van der Waals surface area contributed by atoms with Crippen molar-refractivity contribution in [3.05, 3.63) is 100 Å². The van der Waals surface area contributed by atoms with Crippen LogP contribution in [0.5, 0.6) is 5.75 Å². The number of rotatable bonds is 5. The van der Waals surface area contributed by atoms with Gasteiger partial charge in [-0.15, -0.1) is 0 Å².